The molecule has 0 rings (SSSR count). The predicted molar refractivity (Wildman–Crippen MR) is 37.9 cm³/mol. The van der Waals surface area contributed by atoms with Crippen molar-refractivity contribution in [2.24, 2.45) is 0 Å². The van der Waals surface area contributed by atoms with E-state index < -0.39 is 5.97 Å². The van der Waals surface area contributed by atoms with Crippen LogP contribution in [0.5, 0.6) is 0 Å². The smallest absolute Gasteiger partial charge is 0.333 e. The van der Waals surface area contributed by atoms with E-state index in [9.17, 15) is 4.79 Å². The Morgan fingerprint density at radius 3 is 2.40 bits per heavy atom. The summed E-state index contributed by atoms with van der Waals surface area (Å²) in [6, 6.07) is 0. The highest BCUT2D eigenvalue weighted by atomic mass is 16.5. The Hall–Kier alpha value is -0.830. The first kappa shape index (κ1) is 9.17. The van der Waals surface area contributed by atoms with Crippen molar-refractivity contribution in [2.75, 3.05) is 7.11 Å². The summed E-state index contributed by atoms with van der Waals surface area (Å²) in [5.74, 6) is -0.992. The first-order valence-corrected chi connectivity index (χ1v) is 3.08. The number of carboxylic acids is 1. The number of rotatable bonds is 4. The average Bonchev–Trinajstić information content (AvgIpc) is 1.90. The summed E-state index contributed by atoms with van der Waals surface area (Å²) in [6.45, 7) is 5.22. The lowest BCUT2D eigenvalue weighted by Crippen LogP contribution is -2.17. The first-order valence-electron chi connectivity index (χ1n) is 3.08. The molecule has 1 N–H and O–H groups in total. The summed E-state index contributed by atoms with van der Waals surface area (Å²) < 4.78 is 4.84. The zero-order chi connectivity index (χ0) is 8.15. The van der Waals surface area contributed by atoms with Gasteiger partial charge in [0.25, 0.3) is 0 Å². The third kappa shape index (κ3) is 2.19. The van der Waals surface area contributed by atoms with Gasteiger partial charge in [0.15, 0.2) is 0 Å². The van der Waals surface area contributed by atoms with Gasteiger partial charge in [-0.2, -0.15) is 0 Å². The molecule has 0 bridgehead atoms. The standard InChI is InChI=1S/C7H12O3/c1-4-6(10-3)5(2)7(8)9/h6H,2,4H2,1,3H3,(H,8,9)/t6-/m1/s1. The zero-order valence-electron chi connectivity index (χ0n) is 6.26. The second-order valence-corrected chi connectivity index (χ2v) is 1.96. The highest BCUT2D eigenvalue weighted by Gasteiger charge is 2.14. The molecular weight excluding hydrogens is 132 g/mol. The van der Waals surface area contributed by atoms with Crippen LogP contribution in [0.1, 0.15) is 13.3 Å². The Balaban J connectivity index is 4.02. The average molecular weight is 144 g/mol. The van der Waals surface area contributed by atoms with Gasteiger partial charge in [0.05, 0.1) is 11.7 Å². The SMILES string of the molecule is C=C(C(=O)O)[C@@H](CC)OC. The Morgan fingerprint density at radius 1 is 1.80 bits per heavy atom. The maximum atomic E-state index is 10.3. The van der Waals surface area contributed by atoms with Crippen LogP contribution in [-0.2, 0) is 9.53 Å². The van der Waals surface area contributed by atoms with Gasteiger partial charge in [0.2, 0.25) is 0 Å². The summed E-state index contributed by atoms with van der Waals surface area (Å²) in [5, 5.41) is 8.44. The van der Waals surface area contributed by atoms with Gasteiger partial charge >= 0.3 is 5.97 Å². The van der Waals surface area contributed by atoms with Gasteiger partial charge < -0.3 is 9.84 Å². The maximum absolute atomic E-state index is 10.3. The van der Waals surface area contributed by atoms with Crippen LogP contribution in [0.25, 0.3) is 0 Å². The maximum Gasteiger partial charge on any atom is 0.333 e. The van der Waals surface area contributed by atoms with E-state index in [0.29, 0.717) is 6.42 Å². The first-order chi connectivity index (χ1) is 4.63. The van der Waals surface area contributed by atoms with Crippen LogP contribution in [0.4, 0.5) is 0 Å². The van der Waals surface area contributed by atoms with E-state index in [0.717, 1.165) is 0 Å². The predicted octanol–water partition coefficient (Wildman–Crippen LogP) is 1.05. The quantitative estimate of drug-likeness (QED) is 0.600. The minimum absolute atomic E-state index is 0.116. The Morgan fingerprint density at radius 2 is 2.30 bits per heavy atom. The third-order valence-electron chi connectivity index (χ3n) is 1.32. The Labute approximate surface area is 60.3 Å². The molecule has 0 aliphatic heterocycles. The van der Waals surface area contributed by atoms with Crippen molar-refractivity contribution in [3.63, 3.8) is 0 Å². The number of hydrogen-bond acceptors (Lipinski definition) is 2. The molecule has 3 heteroatoms. The number of aliphatic carboxylic acids is 1. The molecule has 0 unspecified atom stereocenters. The Bertz CT molecular complexity index is 136. The van der Waals surface area contributed by atoms with E-state index in [1.165, 1.54) is 7.11 Å². The Kier molecular flexibility index (Phi) is 3.72. The van der Waals surface area contributed by atoms with Crippen LogP contribution in [0.3, 0.4) is 0 Å². The zero-order valence-corrected chi connectivity index (χ0v) is 6.26. The molecule has 0 aromatic carbocycles. The van der Waals surface area contributed by atoms with Gasteiger partial charge in [-0.05, 0) is 6.42 Å². The van der Waals surface area contributed by atoms with Crippen molar-refractivity contribution < 1.29 is 14.6 Å². The van der Waals surface area contributed by atoms with E-state index in [2.05, 4.69) is 6.58 Å². The molecule has 0 heterocycles. The van der Waals surface area contributed by atoms with Crippen molar-refractivity contribution in [2.45, 2.75) is 19.4 Å². The van der Waals surface area contributed by atoms with Gasteiger partial charge in [0.1, 0.15) is 0 Å². The van der Waals surface area contributed by atoms with Gasteiger partial charge in [-0.15, -0.1) is 0 Å². The van der Waals surface area contributed by atoms with Crippen molar-refractivity contribution in [1.82, 2.24) is 0 Å². The minimum atomic E-state index is -0.992. The molecule has 0 aromatic heterocycles. The van der Waals surface area contributed by atoms with Crippen molar-refractivity contribution in [3.05, 3.63) is 12.2 Å². The fraction of sp³-hybridized carbons (Fsp3) is 0.571. The molecule has 0 radical (unpaired) electrons. The molecular formula is C7H12O3. The number of methoxy groups -OCH3 is 1. The topological polar surface area (TPSA) is 46.5 Å². The second-order valence-electron chi connectivity index (χ2n) is 1.96. The highest BCUT2D eigenvalue weighted by Crippen LogP contribution is 2.06. The molecule has 0 fully saturated rings. The molecule has 0 saturated heterocycles. The van der Waals surface area contributed by atoms with Crippen molar-refractivity contribution in [3.8, 4) is 0 Å². The monoisotopic (exact) mass is 144 g/mol. The fourth-order valence-corrected chi connectivity index (χ4v) is 0.693. The summed E-state index contributed by atoms with van der Waals surface area (Å²) >= 11 is 0. The number of carbonyl (C=O) groups is 1. The van der Waals surface area contributed by atoms with E-state index in [1.807, 2.05) is 6.92 Å². The van der Waals surface area contributed by atoms with E-state index in [-0.39, 0.29) is 11.7 Å². The number of carboxylic acid groups (broad SMARTS) is 1. The summed E-state index contributed by atoms with van der Waals surface area (Å²) in [7, 11) is 1.47. The molecule has 0 spiro atoms. The lowest BCUT2D eigenvalue weighted by Gasteiger charge is -2.11. The summed E-state index contributed by atoms with van der Waals surface area (Å²) in [5.41, 5.74) is 0.116. The number of hydrogen-bond donors (Lipinski definition) is 1. The van der Waals surface area contributed by atoms with Crippen LogP contribution >= 0.6 is 0 Å². The molecule has 0 amide bonds. The largest absolute Gasteiger partial charge is 0.478 e. The lowest BCUT2D eigenvalue weighted by atomic mass is 10.1. The molecule has 58 valence electrons. The second kappa shape index (κ2) is 4.06. The van der Waals surface area contributed by atoms with Gasteiger partial charge in [-0.3, -0.25) is 0 Å². The molecule has 0 aliphatic carbocycles. The van der Waals surface area contributed by atoms with Gasteiger partial charge in [-0.1, -0.05) is 13.5 Å². The van der Waals surface area contributed by atoms with Crippen LogP contribution in [0, 0.1) is 0 Å². The molecule has 0 saturated carbocycles. The molecule has 0 aromatic rings. The lowest BCUT2D eigenvalue weighted by molar-refractivity contribution is -0.134. The van der Waals surface area contributed by atoms with Crippen molar-refractivity contribution in [1.29, 1.82) is 0 Å². The van der Waals surface area contributed by atoms with Crippen molar-refractivity contribution >= 4 is 5.97 Å². The van der Waals surface area contributed by atoms with Gasteiger partial charge in [-0.25, -0.2) is 4.79 Å². The highest BCUT2D eigenvalue weighted by molar-refractivity contribution is 5.86. The van der Waals surface area contributed by atoms with E-state index in [4.69, 9.17) is 9.84 Å². The molecule has 0 aliphatic rings. The van der Waals surface area contributed by atoms with Crippen LogP contribution in [-0.4, -0.2) is 24.3 Å². The van der Waals surface area contributed by atoms with E-state index in [1.54, 1.807) is 0 Å². The van der Waals surface area contributed by atoms with Crippen LogP contribution in [0.15, 0.2) is 12.2 Å². The molecule has 3 nitrogen and oxygen atoms in total. The van der Waals surface area contributed by atoms with Crippen LogP contribution < -0.4 is 0 Å². The molecule has 10 heavy (non-hydrogen) atoms. The van der Waals surface area contributed by atoms with Gasteiger partial charge in [0, 0.05) is 7.11 Å². The summed E-state index contributed by atoms with van der Waals surface area (Å²) in [4.78, 5) is 10.3. The fourth-order valence-electron chi connectivity index (χ4n) is 0.693. The number of ether oxygens (including phenoxy) is 1. The van der Waals surface area contributed by atoms with Crippen LogP contribution in [0.2, 0.25) is 0 Å². The normalized spacial score (nSPS) is 12.6. The minimum Gasteiger partial charge on any atom is -0.478 e. The molecule has 1 atom stereocenters. The summed E-state index contributed by atoms with van der Waals surface area (Å²) in [6.07, 6.45) is 0.291. The third-order valence-corrected chi connectivity index (χ3v) is 1.32. The van der Waals surface area contributed by atoms with E-state index >= 15 is 0 Å².